The van der Waals surface area contributed by atoms with E-state index in [1.165, 1.54) is 6.26 Å². The first-order valence-electron chi connectivity index (χ1n) is 2.61. The summed E-state index contributed by atoms with van der Waals surface area (Å²) in [6.45, 7) is 0. The van der Waals surface area contributed by atoms with E-state index in [0.29, 0.717) is 6.41 Å². The zero-order chi connectivity index (χ0) is 6.74. The lowest BCUT2D eigenvalue weighted by Crippen LogP contribution is -2.31. The third kappa shape index (κ3) is 1.11. The minimum atomic E-state index is -0.628. The number of hydrogen-bond acceptors (Lipinski definition) is 3. The standard InChI is InChI=1S/C5H6N2O2/c6-3-9-5(1-2-5)7-4-8/h4H,1-2H2,(H,7,8). The van der Waals surface area contributed by atoms with E-state index in [9.17, 15) is 4.79 Å². The van der Waals surface area contributed by atoms with Gasteiger partial charge in [0.05, 0.1) is 0 Å². The molecular formula is C5H6N2O2. The topological polar surface area (TPSA) is 62.1 Å². The van der Waals surface area contributed by atoms with Gasteiger partial charge in [-0.1, -0.05) is 0 Å². The van der Waals surface area contributed by atoms with E-state index in [1.54, 1.807) is 0 Å². The van der Waals surface area contributed by atoms with E-state index >= 15 is 0 Å². The lowest BCUT2D eigenvalue weighted by Gasteiger charge is -2.07. The Kier molecular flexibility index (Phi) is 1.27. The van der Waals surface area contributed by atoms with Crippen LogP contribution in [0.3, 0.4) is 0 Å². The Morgan fingerprint density at radius 1 is 1.78 bits per heavy atom. The smallest absolute Gasteiger partial charge is 0.288 e. The first-order valence-corrected chi connectivity index (χ1v) is 2.61. The predicted octanol–water partition coefficient (Wildman–Crippen LogP) is -0.280. The number of amides is 1. The fourth-order valence-corrected chi connectivity index (χ4v) is 0.584. The van der Waals surface area contributed by atoms with Gasteiger partial charge in [0.2, 0.25) is 6.41 Å². The van der Waals surface area contributed by atoms with Crippen LogP contribution in [0.5, 0.6) is 0 Å². The van der Waals surface area contributed by atoms with Crippen LogP contribution in [0.15, 0.2) is 0 Å². The predicted molar refractivity (Wildman–Crippen MR) is 27.9 cm³/mol. The van der Waals surface area contributed by atoms with Gasteiger partial charge in [0, 0.05) is 12.8 Å². The Balaban J connectivity index is 2.35. The van der Waals surface area contributed by atoms with Crippen molar-refractivity contribution in [1.29, 1.82) is 5.26 Å². The lowest BCUT2D eigenvalue weighted by molar-refractivity contribution is -0.112. The van der Waals surface area contributed by atoms with Crippen LogP contribution < -0.4 is 5.32 Å². The van der Waals surface area contributed by atoms with E-state index in [1.807, 2.05) is 0 Å². The van der Waals surface area contributed by atoms with Crippen molar-refractivity contribution in [3.63, 3.8) is 0 Å². The summed E-state index contributed by atoms with van der Waals surface area (Å²) in [4.78, 5) is 9.83. The van der Waals surface area contributed by atoms with Crippen LogP contribution in [-0.2, 0) is 9.53 Å². The molecular weight excluding hydrogens is 120 g/mol. The Morgan fingerprint density at radius 3 is 2.78 bits per heavy atom. The highest BCUT2D eigenvalue weighted by atomic mass is 16.5. The van der Waals surface area contributed by atoms with Crippen LogP contribution in [0.4, 0.5) is 0 Å². The van der Waals surface area contributed by atoms with Gasteiger partial charge >= 0.3 is 0 Å². The van der Waals surface area contributed by atoms with Gasteiger partial charge in [-0.25, -0.2) is 0 Å². The van der Waals surface area contributed by atoms with Crippen molar-refractivity contribution >= 4 is 6.41 Å². The highest BCUT2D eigenvalue weighted by Gasteiger charge is 2.45. The number of carbonyl (C=O) groups is 1. The fourth-order valence-electron chi connectivity index (χ4n) is 0.584. The minimum absolute atomic E-state index is 0.546. The molecule has 0 aromatic rings. The van der Waals surface area contributed by atoms with Crippen molar-refractivity contribution in [1.82, 2.24) is 5.32 Å². The summed E-state index contributed by atoms with van der Waals surface area (Å²) in [5.74, 6) is 0. The Morgan fingerprint density at radius 2 is 2.44 bits per heavy atom. The SMILES string of the molecule is N#COC1(NC=O)CC1. The second-order valence-corrected chi connectivity index (χ2v) is 1.95. The summed E-state index contributed by atoms with van der Waals surface area (Å²) in [6.07, 6.45) is 3.55. The van der Waals surface area contributed by atoms with Crippen molar-refractivity contribution in [2.24, 2.45) is 0 Å². The van der Waals surface area contributed by atoms with Crippen molar-refractivity contribution in [3.05, 3.63) is 0 Å². The molecule has 9 heavy (non-hydrogen) atoms. The molecule has 0 bridgehead atoms. The quantitative estimate of drug-likeness (QED) is 0.321. The first-order chi connectivity index (χ1) is 4.33. The molecule has 0 unspecified atom stereocenters. The number of carbonyl (C=O) groups excluding carboxylic acids is 1. The van der Waals surface area contributed by atoms with Crippen LogP contribution in [0.1, 0.15) is 12.8 Å². The third-order valence-electron chi connectivity index (χ3n) is 1.27. The normalized spacial score (nSPS) is 19.4. The first kappa shape index (κ1) is 5.89. The van der Waals surface area contributed by atoms with Gasteiger partial charge in [-0.05, 0) is 0 Å². The van der Waals surface area contributed by atoms with Crippen LogP contribution in [0.2, 0.25) is 0 Å². The zero-order valence-electron chi connectivity index (χ0n) is 4.76. The second kappa shape index (κ2) is 1.94. The summed E-state index contributed by atoms with van der Waals surface area (Å²) in [5.41, 5.74) is -0.628. The van der Waals surface area contributed by atoms with Crippen LogP contribution in [0, 0.1) is 11.5 Å². The number of nitrogens with zero attached hydrogens (tertiary/aromatic N) is 1. The molecule has 0 spiro atoms. The second-order valence-electron chi connectivity index (χ2n) is 1.95. The van der Waals surface area contributed by atoms with Gasteiger partial charge in [0.1, 0.15) is 0 Å². The van der Waals surface area contributed by atoms with Crippen LogP contribution in [-0.4, -0.2) is 12.1 Å². The Hall–Kier alpha value is -1.24. The van der Waals surface area contributed by atoms with E-state index in [-0.39, 0.29) is 0 Å². The molecule has 0 saturated heterocycles. The van der Waals surface area contributed by atoms with Crippen molar-refractivity contribution in [3.8, 4) is 6.26 Å². The number of rotatable bonds is 3. The molecule has 0 heterocycles. The molecule has 1 aliphatic carbocycles. The molecule has 0 aromatic carbocycles. The maximum absolute atomic E-state index is 9.83. The lowest BCUT2D eigenvalue weighted by atomic mass is 10.6. The van der Waals surface area contributed by atoms with Crippen LogP contribution in [0.25, 0.3) is 0 Å². The highest BCUT2D eigenvalue weighted by Crippen LogP contribution is 2.35. The molecule has 4 heteroatoms. The van der Waals surface area contributed by atoms with E-state index < -0.39 is 5.72 Å². The molecule has 0 atom stereocenters. The molecule has 1 N–H and O–H groups in total. The van der Waals surface area contributed by atoms with Gasteiger partial charge in [-0.15, -0.1) is 0 Å². The van der Waals surface area contributed by atoms with Gasteiger partial charge < -0.3 is 10.1 Å². The fraction of sp³-hybridized carbons (Fsp3) is 0.600. The van der Waals surface area contributed by atoms with E-state index in [4.69, 9.17) is 5.26 Å². The zero-order valence-corrected chi connectivity index (χ0v) is 4.76. The molecule has 1 fully saturated rings. The number of nitrogens with one attached hydrogen (secondary N) is 1. The largest absolute Gasteiger partial charge is 0.399 e. The van der Waals surface area contributed by atoms with Crippen molar-refractivity contribution in [2.45, 2.75) is 18.6 Å². The van der Waals surface area contributed by atoms with Gasteiger partial charge in [-0.3, -0.25) is 4.79 Å². The molecule has 4 nitrogen and oxygen atoms in total. The van der Waals surface area contributed by atoms with Gasteiger partial charge in [0.25, 0.3) is 6.26 Å². The average Bonchev–Trinajstić information content (AvgIpc) is 2.51. The average molecular weight is 126 g/mol. The maximum atomic E-state index is 9.83. The molecule has 1 rings (SSSR count). The third-order valence-corrected chi connectivity index (χ3v) is 1.27. The molecule has 1 amide bonds. The number of ether oxygens (including phenoxy) is 1. The van der Waals surface area contributed by atoms with E-state index in [0.717, 1.165) is 12.8 Å². The van der Waals surface area contributed by atoms with Crippen LogP contribution >= 0.6 is 0 Å². The monoisotopic (exact) mass is 126 g/mol. The molecule has 1 aliphatic rings. The minimum Gasteiger partial charge on any atom is -0.399 e. The van der Waals surface area contributed by atoms with Gasteiger partial charge in [0.15, 0.2) is 5.72 Å². The van der Waals surface area contributed by atoms with Crippen molar-refractivity contribution < 1.29 is 9.53 Å². The molecule has 0 aromatic heterocycles. The Bertz CT molecular complexity index is 157. The van der Waals surface area contributed by atoms with Gasteiger partial charge in [-0.2, -0.15) is 5.26 Å². The molecule has 0 aliphatic heterocycles. The summed E-state index contributed by atoms with van der Waals surface area (Å²) < 4.78 is 4.54. The summed E-state index contributed by atoms with van der Waals surface area (Å²) in [6, 6.07) is 0. The van der Waals surface area contributed by atoms with Crippen molar-refractivity contribution in [2.75, 3.05) is 0 Å². The molecule has 0 radical (unpaired) electrons. The summed E-state index contributed by atoms with van der Waals surface area (Å²) >= 11 is 0. The summed E-state index contributed by atoms with van der Waals surface area (Å²) in [5, 5.41) is 10.4. The Labute approximate surface area is 52.4 Å². The number of hydrogen-bond donors (Lipinski definition) is 1. The number of nitriles is 1. The highest BCUT2D eigenvalue weighted by molar-refractivity contribution is 5.48. The summed E-state index contributed by atoms with van der Waals surface area (Å²) in [7, 11) is 0. The molecule has 1 saturated carbocycles. The van der Waals surface area contributed by atoms with E-state index in [2.05, 4.69) is 10.1 Å². The molecule has 48 valence electrons. The maximum Gasteiger partial charge on any atom is 0.288 e.